The number of aliphatic hydroxyl groups is 1. The zero-order valence-electron chi connectivity index (χ0n) is 15.4. The highest BCUT2D eigenvalue weighted by atomic mass is 19.1. The van der Waals surface area contributed by atoms with Crippen LogP contribution in [0.5, 0.6) is 0 Å². The topological polar surface area (TPSA) is 85.2 Å². The van der Waals surface area contributed by atoms with Crippen LogP contribution in [0.1, 0.15) is 50.5 Å². The minimum Gasteiger partial charge on any atom is -0.390 e. The van der Waals surface area contributed by atoms with E-state index in [9.17, 15) is 14.3 Å². The zero-order valence-corrected chi connectivity index (χ0v) is 15.4. The number of hydrogen-bond acceptors (Lipinski definition) is 4. The summed E-state index contributed by atoms with van der Waals surface area (Å²) in [6.45, 7) is 0.833. The van der Waals surface area contributed by atoms with Gasteiger partial charge in [-0.3, -0.25) is 4.79 Å². The van der Waals surface area contributed by atoms with Gasteiger partial charge < -0.3 is 15.7 Å². The van der Waals surface area contributed by atoms with Crippen LogP contribution in [0.15, 0.2) is 18.2 Å². The fraction of sp³-hybridized carbons (Fsp3) is 0.619. The van der Waals surface area contributed by atoms with Crippen LogP contribution in [0, 0.1) is 34.4 Å². The summed E-state index contributed by atoms with van der Waals surface area (Å²) in [7, 11) is 0. The van der Waals surface area contributed by atoms with Crippen LogP contribution in [0.4, 0.5) is 10.1 Å². The van der Waals surface area contributed by atoms with Crippen molar-refractivity contribution in [1.82, 2.24) is 5.32 Å². The molecule has 4 bridgehead atoms. The van der Waals surface area contributed by atoms with Crippen molar-refractivity contribution in [2.75, 3.05) is 18.4 Å². The van der Waals surface area contributed by atoms with Gasteiger partial charge in [0.1, 0.15) is 17.4 Å². The summed E-state index contributed by atoms with van der Waals surface area (Å²) in [4.78, 5) is 12.5. The van der Waals surface area contributed by atoms with Gasteiger partial charge in [-0.15, -0.1) is 0 Å². The summed E-state index contributed by atoms with van der Waals surface area (Å²) in [6.07, 6.45) is 6.39. The monoisotopic (exact) mass is 371 g/mol. The molecule has 1 amide bonds. The molecule has 0 aliphatic heterocycles. The molecule has 3 N–H and O–H groups in total. The standard InChI is InChI=1S/C21H26FN3O2/c22-17-2-1-3-18(16(17)12-23)24-4-5-25-19(26)11-20-7-14-6-15(8-20)10-21(27,9-14)13-20/h1-3,14-15,24,27H,4-11,13H2,(H,25,26). The van der Waals surface area contributed by atoms with Gasteiger partial charge in [-0.25, -0.2) is 4.39 Å². The Bertz CT molecular complexity index is 774. The van der Waals surface area contributed by atoms with Crippen molar-refractivity contribution < 1.29 is 14.3 Å². The number of anilines is 1. The molecule has 6 heteroatoms. The van der Waals surface area contributed by atoms with Crippen LogP contribution in [0.25, 0.3) is 0 Å². The third kappa shape index (κ3) is 3.66. The number of carbonyl (C=O) groups excluding carboxylic acids is 1. The SMILES string of the molecule is N#Cc1c(F)cccc1NCCNC(=O)CC12CC3CC(CC(O)(C3)C1)C2. The molecule has 4 saturated carbocycles. The highest BCUT2D eigenvalue weighted by Crippen LogP contribution is 2.62. The lowest BCUT2D eigenvalue weighted by Crippen LogP contribution is -2.56. The lowest BCUT2D eigenvalue weighted by molar-refractivity contribution is -0.169. The third-order valence-electron chi connectivity index (χ3n) is 6.57. The molecule has 0 saturated heterocycles. The Labute approximate surface area is 159 Å². The fourth-order valence-electron chi connectivity index (χ4n) is 6.20. The molecule has 5 rings (SSSR count). The van der Waals surface area contributed by atoms with E-state index < -0.39 is 11.4 Å². The van der Waals surface area contributed by atoms with E-state index in [1.807, 2.05) is 6.07 Å². The summed E-state index contributed by atoms with van der Waals surface area (Å²) in [5.41, 5.74) is -0.148. The molecular formula is C21H26FN3O2. The summed E-state index contributed by atoms with van der Waals surface area (Å²) >= 11 is 0. The van der Waals surface area contributed by atoms with Gasteiger partial charge >= 0.3 is 0 Å². The average Bonchev–Trinajstić information content (AvgIpc) is 2.56. The molecule has 4 aliphatic rings. The Hall–Kier alpha value is -2.13. The first-order valence-electron chi connectivity index (χ1n) is 9.82. The largest absolute Gasteiger partial charge is 0.390 e. The second-order valence-corrected chi connectivity index (χ2v) is 8.91. The number of amides is 1. The van der Waals surface area contributed by atoms with Crippen LogP contribution in [-0.4, -0.2) is 29.7 Å². The molecule has 1 aromatic carbocycles. The molecule has 4 aliphatic carbocycles. The second kappa shape index (κ2) is 6.79. The Balaban J connectivity index is 1.28. The van der Waals surface area contributed by atoms with Gasteiger partial charge in [-0.2, -0.15) is 5.26 Å². The van der Waals surface area contributed by atoms with Crippen molar-refractivity contribution >= 4 is 11.6 Å². The summed E-state index contributed by atoms with van der Waals surface area (Å²) < 4.78 is 13.6. The predicted molar refractivity (Wildman–Crippen MR) is 99.3 cm³/mol. The first-order chi connectivity index (χ1) is 12.9. The van der Waals surface area contributed by atoms with Crippen LogP contribution in [-0.2, 0) is 4.79 Å². The summed E-state index contributed by atoms with van der Waals surface area (Å²) in [5, 5.41) is 25.8. The van der Waals surface area contributed by atoms with Crippen molar-refractivity contribution in [2.45, 2.75) is 50.5 Å². The van der Waals surface area contributed by atoms with E-state index in [0.717, 1.165) is 32.1 Å². The number of rotatable bonds is 6. The Kier molecular flexibility index (Phi) is 4.59. The molecule has 27 heavy (non-hydrogen) atoms. The lowest BCUT2D eigenvalue weighted by atomic mass is 9.47. The molecule has 2 unspecified atom stereocenters. The fourth-order valence-corrected chi connectivity index (χ4v) is 6.20. The van der Waals surface area contributed by atoms with Crippen molar-refractivity contribution in [2.24, 2.45) is 17.3 Å². The van der Waals surface area contributed by atoms with Gasteiger partial charge in [0.25, 0.3) is 0 Å². The van der Waals surface area contributed by atoms with E-state index in [2.05, 4.69) is 10.6 Å². The summed E-state index contributed by atoms with van der Waals surface area (Å²) in [5.74, 6) is 0.611. The van der Waals surface area contributed by atoms with Gasteiger partial charge in [0.05, 0.1) is 11.3 Å². The molecule has 2 atom stereocenters. The Morgan fingerprint density at radius 1 is 1.26 bits per heavy atom. The molecule has 0 spiro atoms. The average molecular weight is 371 g/mol. The van der Waals surface area contributed by atoms with Crippen molar-refractivity contribution in [3.05, 3.63) is 29.6 Å². The molecule has 144 valence electrons. The van der Waals surface area contributed by atoms with Gasteiger partial charge in [-0.05, 0) is 67.9 Å². The second-order valence-electron chi connectivity index (χ2n) is 8.91. The number of nitrogens with one attached hydrogen (secondary N) is 2. The van der Waals surface area contributed by atoms with Crippen LogP contribution >= 0.6 is 0 Å². The van der Waals surface area contributed by atoms with Crippen LogP contribution in [0.2, 0.25) is 0 Å². The first kappa shape index (κ1) is 18.2. The molecular weight excluding hydrogens is 345 g/mol. The normalized spacial score (nSPS) is 33.5. The van der Waals surface area contributed by atoms with Crippen molar-refractivity contribution in [1.29, 1.82) is 5.26 Å². The molecule has 1 aromatic rings. The maximum Gasteiger partial charge on any atom is 0.220 e. The molecule has 0 radical (unpaired) electrons. The highest BCUT2D eigenvalue weighted by Gasteiger charge is 2.57. The number of nitriles is 1. The van der Waals surface area contributed by atoms with Gasteiger partial charge in [-0.1, -0.05) is 6.07 Å². The van der Waals surface area contributed by atoms with E-state index in [1.54, 1.807) is 12.1 Å². The zero-order chi connectivity index (χ0) is 19.1. The van der Waals surface area contributed by atoms with E-state index in [1.165, 1.54) is 12.5 Å². The van der Waals surface area contributed by atoms with E-state index in [4.69, 9.17) is 5.26 Å². The third-order valence-corrected chi connectivity index (χ3v) is 6.57. The maximum atomic E-state index is 13.6. The van der Waals surface area contributed by atoms with Crippen LogP contribution < -0.4 is 10.6 Å². The molecule has 0 heterocycles. The lowest BCUT2D eigenvalue weighted by Gasteiger charge is -2.60. The van der Waals surface area contributed by atoms with E-state index in [-0.39, 0.29) is 16.9 Å². The van der Waals surface area contributed by atoms with Crippen molar-refractivity contribution in [3.63, 3.8) is 0 Å². The molecule has 0 aromatic heterocycles. The van der Waals surface area contributed by atoms with E-state index >= 15 is 0 Å². The first-order valence-corrected chi connectivity index (χ1v) is 9.82. The molecule has 4 fully saturated rings. The number of carbonyl (C=O) groups is 1. The number of benzene rings is 1. The smallest absolute Gasteiger partial charge is 0.220 e. The van der Waals surface area contributed by atoms with Crippen LogP contribution in [0.3, 0.4) is 0 Å². The molecule has 5 nitrogen and oxygen atoms in total. The van der Waals surface area contributed by atoms with Gasteiger partial charge in [0.15, 0.2) is 0 Å². The Morgan fingerprint density at radius 2 is 2.00 bits per heavy atom. The highest BCUT2D eigenvalue weighted by molar-refractivity contribution is 5.76. The number of nitrogens with zero attached hydrogens (tertiary/aromatic N) is 1. The van der Waals surface area contributed by atoms with Crippen molar-refractivity contribution in [3.8, 4) is 6.07 Å². The quantitative estimate of drug-likeness (QED) is 0.671. The minimum absolute atomic E-state index is 0.00867. The summed E-state index contributed by atoms with van der Waals surface area (Å²) in [6, 6.07) is 6.31. The Morgan fingerprint density at radius 3 is 2.67 bits per heavy atom. The maximum absolute atomic E-state index is 13.6. The minimum atomic E-state index is -0.550. The number of halogens is 1. The predicted octanol–water partition coefficient (Wildman–Crippen LogP) is 2.95. The number of hydrogen-bond donors (Lipinski definition) is 3. The van der Waals surface area contributed by atoms with Gasteiger partial charge in [0.2, 0.25) is 5.91 Å². The van der Waals surface area contributed by atoms with E-state index in [0.29, 0.717) is 37.0 Å². The van der Waals surface area contributed by atoms with Gasteiger partial charge in [0, 0.05) is 19.5 Å².